The van der Waals surface area contributed by atoms with Gasteiger partial charge in [-0.25, -0.2) is 0 Å². The molecule has 0 bridgehead atoms. The molecule has 0 saturated carbocycles. The van der Waals surface area contributed by atoms with E-state index >= 15 is 0 Å². The van der Waals surface area contributed by atoms with Crippen molar-refractivity contribution in [2.45, 2.75) is 0 Å². The molecule has 1 aromatic carbocycles. The summed E-state index contributed by atoms with van der Waals surface area (Å²) in [5.74, 6) is 0. The third-order valence-electron chi connectivity index (χ3n) is 2.56. The minimum absolute atomic E-state index is 0.881. The molecular weight excluding hydrogens is 218 g/mol. The molecule has 1 nitrogen and oxygen atoms in total. The largest absolute Gasteiger partial charge is 0.256 e. The summed E-state index contributed by atoms with van der Waals surface area (Å²) in [6.07, 6.45) is 1.76. The van der Waals surface area contributed by atoms with Gasteiger partial charge in [0.1, 0.15) is 0 Å². The lowest BCUT2D eigenvalue weighted by atomic mass is 10.1. The molecular formula is C17H15N. The first-order valence-corrected chi connectivity index (χ1v) is 5.80. The van der Waals surface area contributed by atoms with Gasteiger partial charge in [0.2, 0.25) is 0 Å². The van der Waals surface area contributed by atoms with Crippen LogP contribution >= 0.6 is 0 Å². The molecule has 0 aliphatic carbocycles. The second-order valence-corrected chi connectivity index (χ2v) is 3.98. The molecule has 18 heavy (non-hydrogen) atoms. The van der Waals surface area contributed by atoms with Crippen molar-refractivity contribution in [1.29, 1.82) is 0 Å². The van der Waals surface area contributed by atoms with Crippen LogP contribution in [0.1, 0.15) is 0 Å². The van der Waals surface area contributed by atoms with Crippen molar-refractivity contribution in [3.63, 3.8) is 0 Å². The predicted octanol–water partition coefficient (Wildman–Crippen LogP) is 2.69. The highest BCUT2D eigenvalue weighted by Crippen LogP contribution is 2.09. The normalized spacial score (nSPS) is 9.56. The topological polar surface area (TPSA) is 12.9 Å². The smallest absolute Gasteiger partial charge is 0.0768 e. The fourth-order valence-corrected chi connectivity index (χ4v) is 1.63. The molecule has 0 N–H and O–H groups in total. The number of hydrogen-bond donors (Lipinski definition) is 0. The Kier molecular flexibility index (Phi) is 3.87. The van der Waals surface area contributed by atoms with Crippen LogP contribution < -0.4 is 10.4 Å². The quantitative estimate of drug-likeness (QED) is 0.738. The maximum Gasteiger partial charge on any atom is 0.0768 e. The van der Waals surface area contributed by atoms with Gasteiger partial charge in [-0.2, -0.15) is 0 Å². The van der Waals surface area contributed by atoms with E-state index < -0.39 is 0 Å². The highest BCUT2D eigenvalue weighted by molar-refractivity contribution is 5.58. The van der Waals surface area contributed by atoms with Gasteiger partial charge in [-0.1, -0.05) is 67.8 Å². The first kappa shape index (κ1) is 12.1. The second-order valence-electron chi connectivity index (χ2n) is 3.98. The molecule has 0 aliphatic rings. The third kappa shape index (κ3) is 3.05. The first-order valence-electron chi connectivity index (χ1n) is 5.80. The number of nitrogens with zero attached hydrogens (tertiary/aromatic N) is 1. The maximum absolute atomic E-state index is 4.48. The minimum atomic E-state index is 0.881. The minimum Gasteiger partial charge on any atom is -0.256 e. The van der Waals surface area contributed by atoms with Gasteiger partial charge < -0.3 is 0 Å². The standard InChI is InChI=1S/C17H15N/c1-14-8-6-7-9-15(2)17(18-13-12-14)16-10-4-3-5-11-16/h3-13H,1-2H2. The Morgan fingerprint density at radius 1 is 0.722 bits per heavy atom. The molecule has 1 heterocycles. The molecule has 0 atom stereocenters. The van der Waals surface area contributed by atoms with Crippen LogP contribution in [0.5, 0.6) is 0 Å². The highest BCUT2D eigenvalue weighted by atomic mass is 14.7. The molecule has 1 aromatic heterocycles. The van der Waals surface area contributed by atoms with Gasteiger partial charge in [0, 0.05) is 11.8 Å². The molecule has 0 unspecified atom stereocenters. The van der Waals surface area contributed by atoms with E-state index in [9.17, 15) is 0 Å². The van der Waals surface area contributed by atoms with E-state index in [-0.39, 0.29) is 0 Å². The average molecular weight is 233 g/mol. The van der Waals surface area contributed by atoms with Crippen LogP contribution in [0.15, 0.2) is 66.9 Å². The Morgan fingerprint density at radius 2 is 1.39 bits per heavy atom. The van der Waals surface area contributed by atoms with E-state index in [0.717, 1.165) is 21.7 Å². The molecule has 0 aliphatic heterocycles. The monoisotopic (exact) mass is 233 g/mol. The summed E-state index contributed by atoms with van der Waals surface area (Å²) >= 11 is 0. The summed E-state index contributed by atoms with van der Waals surface area (Å²) in [6, 6.07) is 19.7. The average Bonchev–Trinajstić information content (AvgIpc) is 2.40. The lowest BCUT2D eigenvalue weighted by Crippen LogP contribution is -2.02. The molecule has 0 spiro atoms. The van der Waals surface area contributed by atoms with Crippen molar-refractivity contribution in [3.05, 3.63) is 77.3 Å². The van der Waals surface area contributed by atoms with E-state index in [0.29, 0.717) is 0 Å². The number of benzene rings is 1. The Balaban J connectivity index is 2.71. The molecule has 88 valence electrons. The van der Waals surface area contributed by atoms with E-state index in [1.54, 1.807) is 6.20 Å². The van der Waals surface area contributed by atoms with Crippen LogP contribution in [0.3, 0.4) is 0 Å². The third-order valence-corrected chi connectivity index (χ3v) is 2.56. The Morgan fingerprint density at radius 3 is 2.17 bits per heavy atom. The van der Waals surface area contributed by atoms with Crippen molar-refractivity contribution < 1.29 is 0 Å². The predicted molar refractivity (Wildman–Crippen MR) is 77.6 cm³/mol. The van der Waals surface area contributed by atoms with Crippen molar-refractivity contribution >= 4 is 13.2 Å². The summed E-state index contributed by atoms with van der Waals surface area (Å²) in [6.45, 7) is 7.96. The molecule has 0 fully saturated rings. The van der Waals surface area contributed by atoms with Crippen LogP contribution in [0, 0.1) is 0 Å². The summed E-state index contributed by atoms with van der Waals surface area (Å²) in [7, 11) is 0. The van der Waals surface area contributed by atoms with E-state index in [4.69, 9.17) is 0 Å². The SMILES string of the molecule is C=c1ccccc(=C)c(-c2ccccc2)ncc1. The molecule has 0 saturated heterocycles. The second kappa shape index (κ2) is 5.78. The number of hydrogen-bond acceptors (Lipinski definition) is 1. The summed E-state index contributed by atoms with van der Waals surface area (Å²) in [5, 5.41) is 1.81. The van der Waals surface area contributed by atoms with Crippen molar-refractivity contribution in [2.24, 2.45) is 0 Å². The lowest BCUT2D eigenvalue weighted by Gasteiger charge is -1.98. The first-order chi connectivity index (χ1) is 8.77. The number of rotatable bonds is 1. The molecule has 2 rings (SSSR count). The van der Waals surface area contributed by atoms with Crippen molar-refractivity contribution in [3.8, 4) is 11.3 Å². The van der Waals surface area contributed by atoms with E-state index in [1.807, 2.05) is 60.7 Å². The zero-order valence-corrected chi connectivity index (χ0v) is 10.2. The van der Waals surface area contributed by atoms with Crippen molar-refractivity contribution in [2.75, 3.05) is 0 Å². The van der Waals surface area contributed by atoms with Gasteiger partial charge in [0.05, 0.1) is 5.69 Å². The number of aromatic nitrogens is 1. The highest BCUT2D eigenvalue weighted by Gasteiger charge is 1.95. The van der Waals surface area contributed by atoms with Gasteiger partial charge in [0.25, 0.3) is 0 Å². The molecule has 0 radical (unpaired) electrons. The lowest BCUT2D eigenvalue weighted by molar-refractivity contribution is 1.32. The molecule has 2 aromatic rings. The fraction of sp³-hybridized carbons (Fsp3) is 0. The molecule has 0 amide bonds. The maximum atomic E-state index is 4.48. The van der Waals surface area contributed by atoms with Gasteiger partial charge in [-0.05, 0) is 16.5 Å². The van der Waals surface area contributed by atoms with Gasteiger partial charge in [0.15, 0.2) is 0 Å². The van der Waals surface area contributed by atoms with Gasteiger partial charge in [-0.3, -0.25) is 4.98 Å². The zero-order chi connectivity index (χ0) is 12.8. The van der Waals surface area contributed by atoms with Crippen LogP contribution in [0.25, 0.3) is 24.4 Å². The van der Waals surface area contributed by atoms with Crippen LogP contribution in [0.4, 0.5) is 0 Å². The van der Waals surface area contributed by atoms with Gasteiger partial charge >= 0.3 is 0 Å². The van der Waals surface area contributed by atoms with Crippen LogP contribution in [-0.2, 0) is 0 Å². The zero-order valence-electron chi connectivity index (χ0n) is 10.2. The molecule has 1 heteroatoms. The Labute approximate surface area is 107 Å². The van der Waals surface area contributed by atoms with E-state index in [1.165, 1.54) is 0 Å². The van der Waals surface area contributed by atoms with Crippen LogP contribution in [0.2, 0.25) is 0 Å². The summed E-state index contributed by atoms with van der Waals surface area (Å²) in [5.41, 5.74) is 1.94. The Hall–Kier alpha value is -2.41. The summed E-state index contributed by atoms with van der Waals surface area (Å²) < 4.78 is 0. The van der Waals surface area contributed by atoms with Gasteiger partial charge in [-0.15, -0.1) is 0 Å². The summed E-state index contributed by atoms with van der Waals surface area (Å²) in [4.78, 5) is 4.48. The van der Waals surface area contributed by atoms with Crippen molar-refractivity contribution in [1.82, 2.24) is 4.98 Å². The Bertz CT molecular complexity index is 673. The fourth-order valence-electron chi connectivity index (χ4n) is 1.63. The van der Waals surface area contributed by atoms with E-state index in [2.05, 4.69) is 18.1 Å². The van der Waals surface area contributed by atoms with Crippen LogP contribution in [-0.4, -0.2) is 4.98 Å².